The van der Waals surface area contributed by atoms with Crippen molar-refractivity contribution in [3.05, 3.63) is 83.9 Å². The van der Waals surface area contributed by atoms with Crippen molar-refractivity contribution in [1.82, 2.24) is 5.32 Å². The number of hydrogen-bond donors (Lipinski definition) is 1. The largest absolute Gasteiger partial charge is 0.467 e. The molecule has 0 aliphatic heterocycles. The standard InChI is InChI=1S/C24H25NO3/c1-28-24(27)22(13-7-10-18-8-3-2-4-9-18)25-23(26)17-19-14-15-20-11-5-6-12-21(20)16-19/h2-6,8-9,11-12,14-16,22H,7,10,13,17H2,1H3,(H,25,26)/t22-/m0/s1. The van der Waals surface area contributed by atoms with Crippen molar-refractivity contribution in [2.75, 3.05) is 7.11 Å². The fourth-order valence-corrected chi connectivity index (χ4v) is 3.33. The molecule has 0 aliphatic rings. The zero-order valence-electron chi connectivity index (χ0n) is 16.1. The van der Waals surface area contributed by atoms with Gasteiger partial charge in [-0.05, 0) is 41.2 Å². The molecule has 0 bridgehead atoms. The molecular weight excluding hydrogens is 350 g/mol. The molecule has 4 heteroatoms. The lowest BCUT2D eigenvalue weighted by Crippen LogP contribution is -2.42. The van der Waals surface area contributed by atoms with E-state index in [0.717, 1.165) is 29.2 Å². The Morgan fingerprint density at radius 2 is 1.61 bits per heavy atom. The Hall–Kier alpha value is -3.14. The minimum Gasteiger partial charge on any atom is -0.467 e. The molecule has 0 spiro atoms. The average molecular weight is 375 g/mol. The molecule has 3 aromatic rings. The van der Waals surface area contributed by atoms with Crippen LogP contribution in [0.25, 0.3) is 10.8 Å². The van der Waals surface area contributed by atoms with Crippen LogP contribution in [-0.2, 0) is 27.2 Å². The van der Waals surface area contributed by atoms with E-state index in [1.165, 1.54) is 12.7 Å². The molecule has 0 aromatic heterocycles. The van der Waals surface area contributed by atoms with Crippen LogP contribution in [0.5, 0.6) is 0 Å². The summed E-state index contributed by atoms with van der Waals surface area (Å²) in [5.74, 6) is -0.578. The summed E-state index contributed by atoms with van der Waals surface area (Å²) in [4.78, 5) is 24.6. The van der Waals surface area contributed by atoms with E-state index in [1.54, 1.807) is 0 Å². The molecule has 1 atom stereocenters. The van der Waals surface area contributed by atoms with Gasteiger partial charge in [-0.15, -0.1) is 0 Å². The Kier molecular flexibility index (Phi) is 6.79. The lowest BCUT2D eigenvalue weighted by atomic mass is 10.0. The summed E-state index contributed by atoms with van der Waals surface area (Å²) in [6.45, 7) is 0. The first-order valence-electron chi connectivity index (χ1n) is 9.54. The highest BCUT2D eigenvalue weighted by molar-refractivity contribution is 5.87. The van der Waals surface area contributed by atoms with E-state index in [0.29, 0.717) is 6.42 Å². The van der Waals surface area contributed by atoms with Crippen molar-refractivity contribution in [2.45, 2.75) is 31.7 Å². The fourth-order valence-electron chi connectivity index (χ4n) is 3.33. The van der Waals surface area contributed by atoms with Gasteiger partial charge in [-0.2, -0.15) is 0 Å². The van der Waals surface area contributed by atoms with Gasteiger partial charge in [-0.1, -0.05) is 72.8 Å². The maximum Gasteiger partial charge on any atom is 0.328 e. The topological polar surface area (TPSA) is 55.4 Å². The minimum atomic E-state index is -0.623. The van der Waals surface area contributed by atoms with E-state index in [9.17, 15) is 9.59 Å². The number of esters is 1. The summed E-state index contributed by atoms with van der Waals surface area (Å²) < 4.78 is 4.87. The van der Waals surface area contributed by atoms with Gasteiger partial charge in [-0.25, -0.2) is 4.79 Å². The summed E-state index contributed by atoms with van der Waals surface area (Å²) >= 11 is 0. The molecule has 0 saturated heterocycles. The SMILES string of the molecule is COC(=O)[C@H](CCCc1ccccc1)NC(=O)Cc1ccc2ccccc2c1. The normalized spacial score (nSPS) is 11.8. The van der Waals surface area contributed by atoms with Crippen LogP contribution >= 0.6 is 0 Å². The molecular formula is C24H25NO3. The molecule has 28 heavy (non-hydrogen) atoms. The molecule has 144 valence electrons. The van der Waals surface area contributed by atoms with Crippen molar-refractivity contribution in [3.8, 4) is 0 Å². The number of benzene rings is 3. The molecule has 3 rings (SSSR count). The summed E-state index contributed by atoms with van der Waals surface area (Å²) in [5.41, 5.74) is 2.14. The predicted octanol–water partition coefficient (Wildman–Crippen LogP) is 4.06. The molecule has 0 heterocycles. The lowest BCUT2D eigenvalue weighted by molar-refractivity contribution is -0.145. The van der Waals surface area contributed by atoms with E-state index in [4.69, 9.17) is 4.74 Å². The molecule has 3 aromatic carbocycles. The average Bonchev–Trinajstić information content (AvgIpc) is 2.73. The van der Waals surface area contributed by atoms with E-state index in [-0.39, 0.29) is 12.3 Å². The first-order valence-corrected chi connectivity index (χ1v) is 9.54. The second-order valence-corrected chi connectivity index (χ2v) is 6.88. The van der Waals surface area contributed by atoms with Crippen LogP contribution in [0.4, 0.5) is 0 Å². The molecule has 1 N–H and O–H groups in total. The van der Waals surface area contributed by atoms with E-state index in [1.807, 2.05) is 60.7 Å². The molecule has 1 amide bonds. The smallest absolute Gasteiger partial charge is 0.328 e. The molecule has 0 fully saturated rings. The van der Waals surface area contributed by atoms with Crippen LogP contribution in [0.1, 0.15) is 24.0 Å². The van der Waals surface area contributed by atoms with Crippen LogP contribution in [0.2, 0.25) is 0 Å². The third-order valence-corrected chi connectivity index (χ3v) is 4.80. The maximum absolute atomic E-state index is 12.5. The van der Waals surface area contributed by atoms with Crippen molar-refractivity contribution in [2.24, 2.45) is 0 Å². The van der Waals surface area contributed by atoms with Gasteiger partial charge in [0.05, 0.1) is 13.5 Å². The summed E-state index contributed by atoms with van der Waals surface area (Å²) in [7, 11) is 1.35. The van der Waals surface area contributed by atoms with Crippen LogP contribution in [0, 0.1) is 0 Å². The quantitative estimate of drug-likeness (QED) is 0.604. The van der Waals surface area contributed by atoms with Crippen LogP contribution in [0.3, 0.4) is 0 Å². The third-order valence-electron chi connectivity index (χ3n) is 4.80. The number of aryl methyl sites for hydroxylation is 1. The number of carbonyl (C=O) groups excluding carboxylic acids is 2. The molecule has 0 saturated carbocycles. The van der Waals surface area contributed by atoms with Crippen LogP contribution in [-0.4, -0.2) is 25.0 Å². The van der Waals surface area contributed by atoms with E-state index >= 15 is 0 Å². The van der Waals surface area contributed by atoms with Gasteiger partial charge in [0.2, 0.25) is 5.91 Å². The summed E-state index contributed by atoms with van der Waals surface area (Å²) in [6.07, 6.45) is 2.43. The summed E-state index contributed by atoms with van der Waals surface area (Å²) in [6, 6.07) is 23.5. The minimum absolute atomic E-state index is 0.176. The van der Waals surface area contributed by atoms with Gasteiger partial charge in [0.25, 0.3) is 0 Å². The number of methoxy groups -OCH3 is 1. The number of ether oxygens (including phenoxy) is 1. The molecule has 4 nitrogen and oxygen atoms in total. The van der Waals surface area contributed by atoms with Gasteiger partial charge in [-0.3, -0.25) is 4.79 Å². The van der Waals surface area contributed by atoms with Gasteiger partial charge >= 0.3 is 5.97 Å². The highest BCUT2D eigenvalue weighted by Gasteiger charge is 2.21. The van der Waals surface area contributed by atoms with Crippen molar-refractivity contribution >= 4 is 22.6 Å². The number of carbonyl (C=O) groups is 2. The second kappa shape index (κ2) is 9.70. The predicted molar refractivity (Wildman–Crippen MR) is 111 cm³/mol. The Bertz CT molecular complexity index is 937. The number of nitrogens with one attached hydrogen (secondary N) is 1. The fraction of sp³-hybridized carbons (Fsp3) is 0.250. The Labute approximate surface area is 165 Å². The van der Waals surface area contributed by atoms with Crippen molar-refractivity contribution in [3.63, 3.8) is 0 Å². The van der Waals surface area contributed by atoms with Gasteiger partial charge in [0.1, 0.15) is 6.04 Å². The number of fused-ring (bicyclic) bond motifs is 1. The summed E-state index contributed by atoms with van der Waals surface area (Å²) in [5, 5.41) is 5.07. The van der Waals surface area contributed by atoms with E-state index < -0.39 is 12.0 Å². The molecule has 0 radical (unpaired) electrons. The zero-order chi connectivity index (χ0) is 19.8. The van der Waals surface area contributed by atoms with Crippen molar-refractivity contribution in [1.29, 1.82) is 0 Å². The maximum atomic E-state index is 12.5. The Morgan fingerprint density at radius 1 is 0.893 bits per heavy atom. The number of amides is 1. The number of rotatable bonds is 8. The highest BCUT2D eigenvalue weighted by Crippen LogP contribution is 2.16. The third kappa shape index (κ3) is 5.43. The van der Waals surface area contributed by atoms with Gasteiger partial charge in [0.15, 0.2) is 0 Å². The second-order valence-electron chi connectivity index (χ2n) is 6.88. The van der Waals surface area contributed by atoms with Crippen LogP contribution in [0.15, 0.2) is 72.8 Å². The van der Waals surface area contributed by atoms with Gasteiger partial charge in [0, 0.05) is 0 Å². The Morgan fingerprint density at radius 3 is 2.36 bits per heavy atom. The monoisotopic (exact) mass is 375 g/mol. The number of hydrogen-bond acceptors (Lipinski definition) is 3. The van der Waals surface area contributed by atoms with E-state index in [2.05, 4.69) is 17.4 Å². The van der Waals surface area contributed by atoms with Crippen molar-refractivity contribution < 1.29 is 14.3 Å². The van der Waals surface area contributed by atoms with Crippen LogP contribution < -0.4 is 5.32 Å². The molecule has 0 unspecified atom stereocenters. The molecule has 0 aliphatic carbocycles. The first kappa shape index (κ1) is 19.6. The lowest BCUT2D eigenvalue weighted by Gasteiger charge is -2.16. The highest BCUT2D eigenvalue weighted by atomic mass is 16.5. The van der Waals surface area contributed by atoms with Gasteiger partial charge < -0.3 is 10.1 Å². The zero-order valence-corrected chi connectivity index (χ0v) is 16.1. The first-order chi connectivity index (χ1) is 13.7. The Balaban J connectivity index is 1.57.